The molecular formula is C18H32OS. The van der Waals surface area contributed by atoms with E-state index in [1.807, 2.05) is 0 Å². The zero-order chi connectivity index (χ0) is 15.0. The van der Waals surface area contributed by atoms with E-state index in [2.05, 4.69) is 33.4 Å². The summed E-state index contributed by atoms with van der Waals surface area (Å²) in [6.07, 6.45) is 12.0. The summed E-state index contributed by atoms with van der Waals surface area (Å²) in [5, 5.41) is 10.9. The molecule has 2 heteroatoms. The maximum absolute atomic E-state index is 10.9. The minimum atomic E-state index is -0.648. The fourth-order valence-corrected chi connectivity index (χ4v) is 4.04. The van der Waals surface area contributed by atoms with E-state index < -0.39 is 4.93 Å². The number of hydrogen-bond acceptors (Lipinski definition) is 2. The molecule has 1 nitrogen and oxygen atoms in total. The first kappa shape index (κ1) is 17.8. The Bertz CT molecular complexity index is 334. The second kappa shape index (κ2) is 8.94. The van der Waals surface area contributed by atoms with E-state index >= 15 is 0 Å². The molecule has 2 atom stereocenters. The summed E-state index contributed by atoms with van der Waals surface area (Å²) in [6, 6.07) is 0. The topological polar surface area (TPSA) is 20.2 Å². The highest BCUT2D eigenvalue weighted by Crippen LogP contribution is 2.43. The van der Waals surface area contributed by atoms with E-state index in [1.165, 1.54) is 44.1 Å². The number of hydrogen-bond donors (Lipinski definition) is 1. The van der Waals surface area contributed by atoms with Crippen molar-refractivity contribution in [3.63, 3.8) is 0 Å². The van der Waals surface area contributed by atoms with Crippen molar-refractivity contribution in [2.45, 2.75) is 77.1 Å². The van der Waals surface area contributed by atoms with Gasteiger partial charge in [0, 0.05) is 0 Å². The number of unbranched alkanes of at least 4 members (excludes halogenated alkanes) is 5. The van der Waals surface area contributed by atoms with Crippen LogP contribution in [0, 0.1) is 5.92 Å². The molecule has 0 heterocycles. The lowest BCUT2D eigenvalue weighted by Crippen LogP contribution is -2.33. The minimum absolute atomic E-state index is 0.445. The first-order valence-electron chi connectivity index (χ1n) is 8.18. The number of aliphatic hydroxyl groups is 1. The van der Waals surface area contributed by atoms with Gasteiger partial charge in [-0.15, -0.1) is 11.8 Å². The summed E-state index contributed by atoms with van der Waals surface area (Å²) < 4.78 is 0. The van der Waals surface area contributed by atoms with Gasteiger partial charge in [-0.05, 0) is 50.4 Å². The highest BCUT2D eigenvalue weighted by atomic mass is 32.2. The molecule has 1 aliphatic rings. The Morgan fingerprint density at radius 2 is 2.00 bits per heavy atom. The average molecular weight is 297 g/mol. The SMILES string of the molecule is C=C(C)C1CC=C(C)C(O)(SCCCCCCCC)C1. The number of allylic oxidation sites excluding steroid dienone is 2. The Labute approximate surface area is 129 Å². The molecular weight excluding hydrogens is 264 g/mol. The van der Waals surface area contributed by atoms with Crippen LogP contribution >= 0.6 is 11.8 Å². The molecule has 0 aromatic heterocycles. The smallest absolute Gasteiger partial charge is 0.132 e. The molecule has 0 aromatic carbocycles. The first-order valence-corrected chi connectivity index (χ1v) is 9.17. The van der Waals surface area contributed by atoms with E-state index in [-0.39, 0.29) is 0 Å². The van der Waals surface area contributed by atoms with Crippen molar-refractivity contribution in [2.75, 3.05) is 5.75 Å². The van der Waals surface area contributed by atoms with Gasteiger partial charge in [-0.25, -0.2) is 0 Å². The Morgan fingerprint density at radius 1 is 1.35 bits per heavy atom. The molecule has 0 aromatic rings. The van der Waals surface area contributed by atoms with Crippen LogP contribution in [0.1, 0.15) is 72.1 Å². The Balaban J connectivity index is 2.31. The Kier molecular flexibility index (Phi) is 7.98. The fourth-order valence-electron chi connectivity index (χ4n) is 2.73. The van der Waals surface area contributed by atoms with E-state index in [0.29, 0.717) is 5.92 Å². The Hall–Kier alpha value is -0.210. The molecule has 0 amide bonds. The molecule has 1 aliphatic carbocycles. The van der Waals surface area contributed by atoms with Gasteiger partial charge in [-0.1, -0.05) is 57.3 Å². The molecule has 1 N–H and O–H groups in total. The van der Waals surface area contributed by atoms with Crippen LogP contribution in [0.15, 0.2) is 23.8 Å². The van der Waals surface area contributed by atoms with E-state index in [1.54, 1.807) is 11.8 Å². The molecule has 2 unspecified atom stereocenters. The Morgan fingerprint density at radius 3 is 2.65 bits per heavy atom. The highest BCUT2D eigenvalue weighted by molar-refractivity contribution is 8.00. The first-order chi connectivity index (χ1) is 9.49. The van der Waals surface area contributed by atoms with Crippen molar-refractivity contribution >= 4 is 11.8 Å². The molecule has 116 valence electrons. The second-order valence-electron chi connectivity index (χ2n) is 6.27. The van der Waals surface area contributed by atoms with Gasteiger partial charge in [-0.3, -0.25) is 0 Å². The van der Waals surface area contributed by atoms with Crippen LogP contribution in [0.5, 0.6) is 0 Å². The lowest BCUT2D eigenvalue weighted by Gasteiger charge is -2.36. The van der Waals surface area contributed by atoms with Crippen LogP contribution in [-0.2, 0) is 0 Å². The van der Waals surface area contributed by atoms with Gasteiger partial charge < -0.3 is 5.11 Å². The van der Waals surface area contributed by atoms with Crippen LogP contribution < -0.4 is 0 Å². The summed E-state index contributed by atoms with van der Waals surface area (Å²) in [5.41, 5.74) is 2.35. The normalized spacial score (nSPS) is 26.4. The van der Waals surface area contributed by atoms with Crippen molar-refractivity contribution in [1.29, 1.82) is 0 Å². The van der Waals surface area contributed by atoms with Gasteiger partial charge in [0.15, 0.2) is 0 Å². The molecule has 1 rings (SSSR count). The largest absolute Gasteiger partial charge is 0.376 e. The van der Waals surface area contributed by atoms with Crippen LogP contribution in [0.4, 0.5) is 0 Å². The van der Waals surface area contributed by atoms with Gasteiger partial charge >= 0.3 is 0 Å². The van der Waals surface area contributed by atoms with E-state index in [4.69, 9.17) is 0 Å². The molecule has 0 radical (unpaired) electrons. The summed E-state index contributed by atoms with van der Waals surface area (Å²) in [4.78, 5) is -0.648. The molecule has 0 fully saturated rings. The molecule has 0 bridgehead atoms. The lowest BCUT2D eigenvalue weighted by atomic mass is 9.84. The molecule has 0 aliphatic heterocycles. The second-order valence-corrected chi connectivity index (χ2v) is 7.64. The summed E-state index contributed by atoms with van der Waals surface area (Å²) in [6.45, 7) is 10.5. The highest BCUT2D eigenvalue weighted by Gasteiger charge is 2.35. The molecule has 0 saturated carbocycles. The fraction of sp³-hybridized carbons (Fsp3) is 0.778. The van der Waals surface area contributed by atoms with Crippen molar-refractivity contribution in [1.82, 2.24) is 0 Å². The molecule has 0 saturated heterocycles. The third kappa shape index (κ3) is 5.65. The molecule has 0 spiro atoms. The third-order valence-electron chi connectivity index (χ3n) is 4.38. The van der Waals surface area contributed by atoms with Crippen LogP contribution in [-0.4, -0.2) is 15.8 Å². The predicted molar refractivity (Wildman–Crippen MR) is 92.1 cm³/mol. The summed E-state index contributed by atoms with van der Waals surface area (Å²) in [7, 11) is 0. The summed E-state index contributed by atoms with van der Waals surface area (Å²) in [5.74, 6) is 1.51. The predicted octanol–water partition coefficient (Wildman–Crippen LogP) is 5.70. The zero-order valence-electron chi connectivity index (χ0n) is 13.6. The monoisotopic (exact) mass is 296 g/mol. The van der Waals surface area contributed by atoms with Gasteiger partial charge in [0.1, 0.15) is 4.93 Å². The van der Waals surface area contributed by atoms with Gasteiger partial charge in [-0.2, -0.15) is 0 Å². The third-order valence-corrected chi connectivity index (χ3v) is 5.84. The quantitative estimate of drug-likeness (QED) is 0.334. The lowest BCUT2D eigenvalue weighted by molar-refractivity contribution is 0.140. The van der Waals surface area contributed by atoms with Crippen molar-refractivity contribution in [3.05, 3.63) is 23.8 Å². The van der Waals surface area contributed by atoms with Crippen LogP contribution in [0.2, 0.25) is 0 Å². The van der Waals surface area contributed by atoms with E-state index in [9.17, 15) is 5.11 Å². The summed E-state index contributed by atoms with van der Waals surface area (Å²) >= 11 is 1.74. The standard InChI is InChI=1S/C18H32OS/c1-5-6-7-8-9-10-13-20-18(19)14-17(15(2)3)12-11-16(18)4/h11,17,19H,2,5-10,12-14H2,1,3-4H3. The maximum atomic E-state index is 10.9. The minimum Gasteiger partial charge on any atom is -0.376 e. The molecule has 20 heavy (non-hydrogen) atoms. The van der Waals surface area contributed by atoms with Crippen molar-refractivity contribution in [2.24, 2.45) is 5.92 Å². The van der Waals surface area contributed by atoms with E-state index in [0.717, 1.165) is 24.2 Å². The average Bonchev–Trinajstić information content (AvgIpc) is 2.41. The van der Waals surface area contributed by atoms with Crippen LogP contribution in [0.3, 0.4) is 0 Å². The van der Waals surface area contributed by atoms with Crippen molar-refractivity contribution < 1.29 is 5.11 Å². The number of rotatable bonds is 9. The maximum Gasteiger partial charge on any atom is 0.132 e. The number of thioether (sulfide) groups is 1. The van der Waals surface area contributed by atoms with Crippen molar-refractivity contribution in [3.8, 4) is 0 Å². The van der Waals surface area contributed by atoms with Gasteiger partial charge in [0.05, 0.1) is 0 Å². The van der Waals surface area contributed by atoms with Gasteiger partial charge in [0.25, 0.3) is 0 Å². The van der Waals surface area contributed by atoms with Crippen LogP contribution in [0.25, 0.3) is 0 Å². The zero-order valence-corrected chi connectivity index (χ0v) is 14.4. The van der Waals surface area contributed by atoms with Gasteiger partial charge in [0.2, 0.25) is 0 Å².